The molecule has 3 nitrogen and oxygen atoms in total. The summed E-state index contributed by atoms with van der Waals surface area (Å²) in [5.41, 5.74) is 3.42. The molecule has 0 aliphatic rings. The number of nitrogens with zero attached hydrogens (tertiary/aromatic N) is 2. The minimum atomic E-state index is 0.144. The van der Waals surface area contributed by atoms with E-state index in [1.54, 1.807) is 17.3 Å². The van der Waals surface area contributed by atoms with E-state index < -0.39 is 0 Å². The van der Waals surface area contributed by atoms with Gasteiger partial charge in [0.05, 0.1) is 6.42 Å². The molecule has 1 amide bonds. The quantitative estimate of drug-likeness (QED) is 0.831. The van der Waals surface area contributed by atoms with Crippen LogP contribution in [-0.2, 0) is 17.6 Å². The molecule has 2 rings (SSSR count). The van der Waals surface area contributed by atoms with E-state index in [2.05, 4.69) is 20.9 Å². The zero-order valence-corrected chi connectivity index (χ0v) is 13.9. The maximum Gasteiger partial charge on any atom is 0.226 e. The Morgan fingerprint density at radius 1 is 1.24 bits per heavy atom. The Bertz CT molecular complexity index is 613. The van der Waals surface area contributed by atoms with E-state index in [0.717, 1.165) is 28.6 Å². The molecule has 1 heterocycles. The van der Waals surface area contributed by atoms with Gasteiger partial charge in [-0.15, -0.1) is 0 Å². The fraction of sp³-hybridized carbons (Fsp3) is 0.294. The molecular formula is C17H19BrN2O. The first kappa shape index (κ1) is 15.7. The molecule has 110 valence electrons. The Morgan fingerprint density at radius 3 is 2.67 bits per heavy atom. The normalized spacial score (nSPS) is 10.4. The number of aryl methyl sites for hydroxylation is 1. The van der Waals surface area contributed by atoms with Crippen LogP contribution < -0.4 is 0 Å². The molecular weight excluding hydrogens is 328 g/mol. The summed E-state index contributed by atoms with van der Waals surface area (Å²) in [5, 5.41) is 0. The molecule has 4 heteroatoms. The van der Waals surface area contributed by atoms with E-state index in [4.69, 9.17) is 0 Å². The van der Waals surface area contributed by atoms with Crippen LogP contribution in [0.5, 0.6) is 0 Å². The van der Waals surface area contributed by atoms with Crippen molar-refractivity contribution in [2.75, 3.05) is 13.6 Å². The molecule has 0 radical (unpaired) electrons. The lowest BCUT2D eigenvalue weighted by molar-refractivity contribution is -0.129. The highest BCUT2D eigenvalue weighted by atomic mass is 79.9. The van der Waals surface area contributed by atoms with Crippen molar-refractivity contribution in [2.24, 2.45) is 0 Å². The van der Waals surface area contributed by atoms with Crippen LogP contribution in [0.15, 0.2) is 47.2 Å². The maximum absolute atomic E-state index is 12.3. The van der Waals surface area contributed by atoms with Crippen LogP contribution >= 0.6 is 15.9 Å². The maximum atomic E-state index is 12.3. The zero-order valence-electron chi connectivity index (χ0n) is 12.3. The summed E-state index contributed by atoms with van der Waals surface area (Å²) in [6.45, 7) is 2.75. The van der Waals surface area contributed by atoms with Crippen molar-refractivity contribution in [3.05, 3.63) is 63.9 Å². The van der Waals surface area contributed by atoms with Crippen molar-refractivity contribution in [1.82, 2.24) is 9.88 Å². The first-order chi connectivity index (χ1) is 10.1. The molecule has 0 N–H and O–H groups in total. The number of aromatic nitrogens is 1. The first-order valence-electron chi connectivity index (χ1n) is 6.94. The van der Waals surface area contributed by atoms with E-state index in [1.165, 1.54) is 5.56 Å². The predicted molar refractivity (Wildman–Crippen MR) is 88.2 cm³/mol. The van der Waals surface area contributed by atoms with Crippen molar-refractivity contribution in [3.63, 3.8) is 0 Å². The Hall–Kier alpha value is -1.68. The van der Waals surface area contributed by atoms with Gasteiger partial charge in [0.2, 0.25) is 5.91 Å². The Labute approximate surface area is 134 Å². The third-order valence-electron chi connectivity index (χ3n) is 3.56. The number of amides is 1. The molecule has 0 saturated heterocycles. The van der Waals surface area contributed by atoms with Crippen LogP contribution in [0.2, 0.25) is 0 Å². The van der Waals surface area contributed by atoms with E-state index in [9.17, 15) is 4.79 Å². The number of carbonyl (C=O) groups excluding carboxylic acids is 1. The second-order valence-electron chi connectivity index (χ2n) is 5.17. The van der Waals surface area contributed by atoms with E-state index in [1.807, 2.05) is 44.3 Å². The van der Waals surface area contributed by atoms with Gasteiger partial charge in [0.1, 0.15) is 0 Å². The van der Waals surface area contributed by atoms with Gasteiger partial charge < -0.3 is 4.90 Å². The number of hydrogen-bond donors (Lipinski definition) is 0. The van der Waals surface area contributed by atoms with Crippen LogP contribution in [-0.4, -0.2) is 29.4 Å². The molecule has 21 heavy (non-hydrogen) atoms. The molecule has 0 saturated carbocycles. The lowest BCUT2D eigenvalue weighted by Gasteiger charge is -2.18. The number of pyridine rings is 1. The number of hydrogen-bond acceptors (Lipinski definition) is 2. The van der Waals surface area contributed by atoms with Crippen LogP contribution in [0.4, 0.5) is 0 Å². The van der Waals surface area contributed by atoms with Gasteiger partial charge in [-0.3, -0.25) is 9.78 Å². The molecule has 0 spiro atoms. The van der Waals surface area contributed by atoms with Gasteiger partial charge in [-0.25, -0.2) is 0 Å². The fourth-order valence-electron chi connectivity index (χ4n) is 2.10. The van der Waals surface area contributed by atoms with E-state index in [-0.39, 0.29) is 5.91 Å². The van der Waals surface area contributed by atoms with Crippen molar-refractivity contribution in [2.45, 2.75) is 19.8 Å². The minimum absolute atomic E-state index is 0.144. The topological polar surface area (TPSA) is 33.2 Å². The number of likely N-dealkylation sites (N-methyl/N-ethyl adjacent to an activating group) is 1. The Morgan fingerprint density at radius 2 is 1.95 bits per heavy atom. The second-order valence-corrected chi connectivity index (χ2v) is 6.08. The average Bonchev–Trinajstić information content (AvgIpc) is 2.49. The molecule has 0 bridgehead atoms. The summed E-state index contributed by atoms with van der Waals surface area (Å²) in [6, 6.07) is 10.0. The van der Waals surface area contributed by atoms with Crippen molar-refractivity contribution >= 4 is 21.8 Å². The SMILES string of the molecule is Cc1ccc(Br)cc1CC(=O)N(C)CCc1ccncc1. The molecule has 0 fully saturated rings. The van der Waals surface area contributed by atoms with Crippen LogP contribution in [0.25, 0.3) is 0 Å². The van der Waals surface area contributed by atoms with Crippen molar-refractivity contribution < 1.29 is 4.79 Å². The van der Waals surface area contributed by atoms with E-state index >= 15 is 0 Å². The van der Waals surface area contributed by atoms with Crippen LogP contribution in [0.3, 0.4) is 0 Å². The predicted octanol–water partition coefficient (Wildman–Crippen LogP) is 3.40. The van der Waals surface area contributed by atoms with Crippen molar-refractivity contribution in [1.29, 1.82) is 0 Å². The van der Waals surface area contributed by atoms with Gasteiger partial charge >= 0.3 is 0 Å². The van der Waals surface area contributed by atoms with Gasteiger partial charge in [0, 0.05) is 30.5 Å². The van der Waals surface area contributed by atoms with Gasteiger partial charge in [-0.05, 0) is 54.3 Å². The highest BCUT2D eigenvalue weighted by molar-refractivity contribution is 9.10. The number of benzene rings is 1. The third kappa shape index (κ3) is 4.67. The Kier molecular flexibility index (Phi) is 5.51. The van der Waals surface area contributed by atoms with Gasteiger partial charge in [0.25, 0.3) is 0 Å². The lowest BCUT2D eigenvalue weighted by atomic mass is 10.1. The largest absolute Gasteiger partial charge is 0.345 e. The van der Waals surface area contributed by atoms with Gasteiger partial charge in [-0.2, -0.15) is 0 Å². The average molecular weight is 347 g/mol. The van der Waals surface area contributed by atoms with Gasteiger partial charge in [0.15, 0.2) is 0 Å². The van der Waals surface area contributed by atoms with Crippen LogP contribution in [0.1, 0.15) is 16.7 Å². The third-order valence-corrected chi connectivity index (χ3v) is 4.06. The zero-order chi connectivity index (χ0) is 15.2. The highest BCUT2D eigenvalue weighted by Crippen LogP contribution is 2.17. The summed E-state index contributed by atoms with van der Waals surface area (Å²) in [6.07, 6.45) is 4.85. The standard InChI is InChI=1S/C17H19BrN2O/c1-13-3-4-16(18)11-15(13)12-17(21)20(2)10-7-14-5-8-19-9-6-14/h3-6,8-9,11H,7,10,12H2,1-2H3. The van der Waals surface area contributed by atoms with E-state index in [0.29, 0.717) is 6.42 Å². The summed E-state index contributed by atoms with van der Waals surface area (Å²) < 4.78 is 1.01. The number of halogens is 1. The summed E-state index contributed by atoms with van der Waals surface area (Å²) in [5.74, 6) is 0.144. The second kappa shape index (κ2) is 7.36. The molecule has 1 aromatic carbocycles. The molecule has 1 aromatic heterocycles. The number of rotatable bonds is 5. The minimum Gasteiger partial charge on any atom is -0.345 e. The molecule has 0 aliphatic carbocycles. The summed E-state index contributed by atoms with van der Waals surface area (Å²) in [4.78, 5) is 18.1. The Balaban J connectivity index is 1.92. The molecule has 0 atom stereocenters. The molecule has 2 aromatic rings. The van der Waals surface area contributed by atoms with Crippen LogP contribution in [0, 0.1) is 6.92 Å². The lowest BCUT2D eigenvalue weighted by Crippen LogP contribution is -2.30. The number of carbonyl (C=O) groups is 1. The molecule has 0 unspecified atom stereocenters. The van der Waals surface area contributed by atoms with Crippen molar-refractivity contribution in [3.8, 4) is 0 Å². The van der Waals surface area contributed by atoms with Gasteiger partial charge in [-0.1, -0.05) is 22.0 Å². The molecule has 0 aliphatic heterocycles. The summed E-state index contributed by atoms with van der Waals surface area (Å²) in [7, 11) is 1.86. The highest BCUT2D eigenvalue weighted by Gasteiger charge is 2.11. The smallest absolute Gasteiger partial charge is 0.226 e. The fourth-order valence-corrected chi connectivity index (χ4v) is 2.51. The summed E-state index contributed by atoms with van der Waals surface area (Å²) >= 11 is 3.45. The monoisotopic (exact) mass is 346 g/mol. The first-order valence-corrected chi connectivity index (χ1v) is 7.73.